The molecule has 3 heterocycles. The van der Waals surface area contributed by atoms with Gasteiger partial charge in [0.1, 0.15) is 5.82 Å². The van der Waals surface area contributed by atoms with Crippen molar-refractivity contribution in [3.05, 3.63) is 65.7 Å². The first kappa shape index (κ1) is 23.6. The molecule has 0 amide bonds. The molecular formula is C23H20F6O4. The summed E-state index contributed by atoms with van der Waals surface area (Å²) in [5.74, 6) is -5.99. The van der Waals surface area contributed by atoms with E-state index in [9.17, 15) is 26.3 Å². The Morgan fingerprint density at radius 1 is 0.939 bits per heavy atom. The molecule has 0 atom stereocenters. The lowest BCUT2D eigenvalue weighted by Crippen LogP contribution is -2.58. The summed E-state index contributed by atoms with van der Waals surface area (Å²) in [7, 11) is 0. The third-order valence-corrected chi connectivity index (χ3v) is 5.56. The van der Waals surface area contributed by atoms with Crippen molar-refractivity contribution in [2.75, 3.05) is 19.8 Å². The van der Waals surface area contributed by atoms with Crippen molar-refractivity contribution >= 4 is 0 Å². The summed E-state index contributed by atoms with van der Waals surface area (Å²) in [4.78, 5) is 0. The lowest BCUT2D eigenvalue weighted by atomic mass is 9.83. The Hall–Kier alpha value is -2.56. The molecule has 0 aromatic heterocycles. The van der Waals surface area contributed by atoms with E-state index in [0.717, 1.165) is 31.0 Å². The van der Waals surface area contributed by atoms with Crippen LogP contribution in [0.2, 0.25) is 0 Å². The number of benzene rings is 2. The van der Waals surface area contributed by atoms with E-state index in [1.165, 1.54) is 12.1 Å². The van der Waals surface area contributed by atoms with Crippen molar-refractivity contribution < 1.29 is 45.3 Å². The smallest absolute Gasteiger partial charge is 0.412 e. The monoisotopic (exact) mass is 474 g/mol. The van der Waals surface area contributed by atoms with Gasteiger partial charge in [0.25, 0.3) is 0 Å². The summed E-state index contributed by atoms with van der Waals surface area (Å²) in [6, 6.07) is 5.37. The van der Waals surface area contributed by atoms with Crippen LogP contribution in [0, 0.1) is 22.9 Å². The Morgan fingerprint density at radius 3 is 2.06 bits per heavy atom. The third kappa shape index (κ3) is 4.73. The van der Waals surface area contributed by atoms with Crippen LogP contribution in [0.5, 0.6) is 5.75 Å². The number of allylic oxidation sites excluding steroid dienone is 1. The molecule has 10 heteroatoms. The normalized spacial score (nSPS) is 25.1. The van der Waals surface area contributed by atoms with Gasteiger partial charge in [0.05, 0.1) is 32.2 Å². The highest BCUT2D eigenvalue weighted by Gasteiger charge is 2.53. The molecule has 0 N–H and O–H groups in total. The Balaban J connectivity index is 1.56. The van der Waals surface area contributed by atoms with E-state index in [2.05, 4.69) is 4.74 Å². The molecule has 3 saturated heterocycles. The molecule has 0 spiro atoms. The van der Waals surface area contributed by atoms with E-state index in [1.807, 2.05) is 6.92 Å². The number of alkyl halides is 3. The Morgan fingerprint density at radius 2 is 1.55 bits per heavy atom. The second-order valence-corrected chi connectivity index (χ2v) is 8.10. The second-order valence-electron chi connectivity index (χ2n) is 8.10. The minimum atomic E-state index is -4.71. The molecule has 2 aromatic carbocycles. The predicted molar refractivity (Wildman–Crippen MR) is 104 cm³/mol. The minimum absolute atomic E-state index is 0.124. The largest absolute Gasteiger partial charge is 0.459 e. The predicted octanol–water partition coefficient (Wildman–Crippen LogP) is 6.20. The Bertz CT molecular complexity index is 1020. The molecule has 0 saturated carbocycles. The number of hydrogen-bond donors (Lipinski definition) is 0. The van der Waals surface area contributed by atoms with Crippen LogP contribution in [0.15, 0.2) is 42.7 Å². The molecule has 4 nitrogen and oxygen atoms in total. The lowest BCUT2D eigenvalue weighted by molar-refractivity contribution is -0.480. The number of fused-ring (bicyclic) bond motifs is 3. The molecule has 3 aliphatic rings. The summed E-state index contributed by atoms with van der Waals surface area (Å²) < 4.78 is 102. The van der Waals surface area contributed by atoms with Crippen molar-refractivity contribution in [3.8, 4) is 16.9 Å². The molecule has 178 valence electrons. The number of hydrogen-bond acceptors (Lipinski definition) is 4. The van der Waals surface area contributed by atoms with Crippen LogP contribution in [0.3, 0.4) is 0 Å². The molecule has 0 unspecified atom stereocenters. The SMILES string of the molecule is CCCC12COC(c3ccc(-c4cc(F)c(OC=CC(F)(F)F)c(F)c4)c(F)c3)(OC1)OC2. The van der Waals surface area contributed by atoms with E-state index in [4.69, 9.17) is 14.2 Å². The fourth-order valence-electron chi connectivity index (χ4n) is 3.94. The van der Waals surface area contributed by atoms with Gasteiger partial charge in [-0.2, -0.15) is 13.2 Å². The third-order valence-electron chi connectivity index (χ3n) is 5.56. The summed E-state index contributed by atoms with van der Waals surface area (Å²) in [6.07, 6.45) is -3.10. The maximum absolute atomic E-state index is 14.9. The highest BCUT2D eigenvalue weighted by molar-refractivity contribution is 5.66. The molecule has 3 aliphatic heterocycles. The molecule has 3 fully saturated rings. The van der Waals surface area contributed by atoms with Gasteiger partial charge in [0.2, 0.25) is 0 Å². The molecule has 0 aliphatic carbocycles. The zero-order valence-corrected chi connectivity index (χ0v) is 17.5. The zero-order valence-electron chi connectivity index (χ0n) is 17.5. The molecule has 5 rings (SSSR count). The maximum Gasteiger partial charge on any atom is 0.412 e. The molecule has 0 radical (unpaired) electrons. The van der Waals surface area contributed by atoms with Crippen molar-refractivity contribution in [1.29, 1.82) is 0 Å². The van der Waals surface area contributed by atoms with Crippen LogP contribution in [-0.4, -0.2) is 26.0 Å². The van der Waals surface area contributed by atoms with Gasteiger partial charge in [0, 0.05) is 16.5 Å². The van der Waals surface area contributed by atoms with Crippen molar-refractivity contribution in [1.82, 2.24) is 0 Å². The Labute approximate surface area is 185 Å². The van der Waals surface area contributed by atoms with Gasteiger partial charge in [-0.1, -0.05) is 25.5 Å². The fourth-order valence-corrected chi connectivity index (χ4v) is 3.94. The van der Waals surface area contributed by atoms with E-state index >= 15 is 0 Å². The van der Waals surface area contributed by atoms with Crippen molar-refractivity contribution in [2.45, 2.75) is 31.9 Å². The Kier molecular flexibility index (Phi) is 6.19. The first-order valence-electron chi connectivity index (χ1n) is 10.2. The standard InChI is InChI=1S/C23H20F6O4/c1-2-5-21-11-31-23(32-12-21,33-13-21)15-3-4-16(17(24)10-15)14-8-18(25)20(19(26)9-14)30-7-6-22(27,28)29/h3-4,6-10H,2,5,11-13H2,1H3. The molecule has 33 heavy (non-hydrogen) atoms. The van der Waals surface area contributed by atoms with Crippen LogP contribution in [0.1, 0.15) is 25.3 Å². The molecule has 2 bridgehead atoms. The second kappa shape index (κ2) is 8.66. The van der Waals surface area contributed by atoms with Crippen molar-refractivity contribution in [3.63, 3.8) is 0 Å². The van der Waals surface area contributed by atoms with Crippen LogP contribution in [-0.2, 0) is 20.2 Å². The van der Waals surface area contributed by atoms with Gasteiger partial charge >= 0.3 is 12.1 Å². The quantitative estimate of drug-likeness (QED) is 0.369. The first-order valence-corrected chi connectivity index (χ1v) is 10.2. The van der Waals surface area contributed by atoms with E-state index in [1.54, 1.807) is 0 Å². The van der Waals surface area contributed by atoms with E-state index in [0.29, 0.717) is 19.8 Å². The van der Waals surface area contributed by atoms with E-state index in [-0.39, 0.29) is 34.4 Å². The number of halogens is 6. The number of ether oxygens (including phenoxy) is 4. The number of rotatable bonds is 6. The molecular weight excluding hydrogens is 454 g/mol. The minimum Gasteiger partial charge on any atom is -0.459 e. The average molecular weight is 474 g/mol. The fraction of sp³-hybridized carbons (Fsp3) is 0.391. The maximum atomic E-state index is 14.9. The van der Waals surface area contributed by atoms with E-state index < -0.39 is 35.4 Å². The zero-order chi connectivity index (χ0) is 23.9. The van der Waals surface area contributed by atoms with Crippen LogP contribution in [0.4, 0.5) is 26.3 Å². The highest BCUT2D eigenvalue weighted by atomic mass is 19.4. The van der Waals surface area contributed by atoms with Gasteiger partial charge in [-0.3, -0.25) is 0 Å². The summed E-state index contributed by atoms with van der Waals surface area (Å²) >= 11 is 0. The lowest BCUT2D eigenvalue weighted by Gasteiger charge is -2.51. The molecule has 2 aromatic rings. The summed E-state index contributed by atoms with van der Waals surface area (Å²) in [5.41, 5.74) is -0.289. The van der Waals surface area contributed by atoms with Gasteiger partial charge in [-0.05, 0) is 30.2 Å². The van der Waals surface area contributed by atoms with Crippen molar-refractivity contribution in [2.24, 2.45) is 5.41 Å². The van der Waals surface area contributed by atoms with Crippen LogP contribution >= 0.6 is 0 Å². The van der Waals surface area contributed by atoms with Gasteiger partial charge in [-0.25, -0.2) is 13.2 Å². The summed E-state index contributed by atoms with van der Waals surface area (Å²) in [6.45, 7) is 3.23. The van der Waals surface area contributed by atoms with Gasteiger partial charge < -0.3 is 18.9 Å². The van der Waals surface area contributed by atoms with Gasteiger partial charge in [0.15, 0.2) is 17.4 Å². The summed E-state index contributed by atoms with van der Waals surface area (Å²) in [5, 5.41) is 0. The highest BCUT2D eigenvalue weighted by Crippen LogP contribution is 2.46. The van der Waals surface area contributed by atoms with Crippen LogP contribution < -0.4 is 4.74 Å². The first-order chi connectivity index (χ1) is 15.6. The average Bonchev–Trinajstić information content (AvgIpc) is 2.76. The topological polar surface area (TPSA) is 36.9 Å². The van der Waals surface area contributed by atoms with Gasteiger partial charge in [-0.15, -0.1) is 0 Å². The van der Waals surface area contributed by atoms with Crippen LogP contribution in [0.25, 0.3) is 11.1 Å².